The number of rotatable bonds is 22. The summed E-state index contributed by atoms with van der Waals surface area (Å²) in [6.45, 7) is 2.03. The molecule has 0 saturated carbocycles. The van der Waals surface area contributed by atoms with Crippen LogP contribution in [-0.2, 0) is 9.47 Å². The molecule has 13 heteroatoms. The topological polar surface area (TPSA) is 71.1 Å². The molecule has 0 aliphatic rings. The Kier molecular flexibility index (Phi) is 16.4. The van der Waals surface area contributed by atoms with Crippen molar-refractivity contribution in [3.63, 3.8) is 0 Å². The molecule has 3 rings (SSSR count). The average molecular weight is 743 g/mol. The van der Waals surface area contributed by atoms with Gasteiger partial charge in [0.15, 0.2) is 0 Å². The fourth-order valence-electron chi connectivity index (χ4n) is 5.06. The van der Waals surface area contributed by atoms with Crippen LogP contribution in [0, 0.1) is 0 Å². The average Bonchev–Trinajstić information content (AvgIpc) is 3.11. The van der Waals surface area contributed by atoms with Gasteiger partial charge in [0.05, 0.1) is 23.8 Å². The molecular weight excluding hydrogens is 697 g/mol. The Labute approximate surface area is 299 Å². The molecule has 3 aromatic rings. The molecule has 0 fully saturated rings. The van der Waals surface area contributed by atoms with E-state index in [9.17, 15) is 40.3 Å². The molecule has 3 aromatic carbocycles. The second-order valence-electron chi connectivity index (χ2n) is 12.5. The summed E-state index contributed by atoms with van der Waals surface area (Å²) in [5, 5.41) is 0. The lowest BCUT2D eigenvalue weighted by Gasteiger charge is -2.27. The number of hydrogen-bond acceptors (Lipinski definition) is 6. The van der Waals surface area contributed by atoms with E-state index in [-0.39, 0.29) is 25.1 Å². The lowest BCUT2D eigenvalue weighted by Crippen LogP contribution is -2.54. The Morgan fingerprint density at radius 2 is 1.12 bits per heavy atom. The Hall–Kier alpha value is -4.13. The van der Waals surface area contributed by atoms with Crippen molar-refractivity contribution in [2.75, 3.05) is 19.8 Å². The summed E-state index contributed by atoms with van der Waals surface area (Å²) in [6, 6.07) is 20.5. The summed E-state index contributed by atoms with van der Waals surface area (Å²) in [5.41, 5.74) is 2.55. The normalized spacial score (nSPS) is 12.7. The fourth-order valence-corrected chi connectivity index (χ4v) is 5.06. The molecule has 1 atom stereocenters. The van der Waals surface area contributed by atoms with Crippen LogP contribution in [0.2, 0.25) is 0 Å². The number of unbranched alkanes of at least 4 members (excludes halogenated alkanes) is 7. The first-order chi connectivity index (χ1) is 24.6. The first-order valence-electron chi connectivity index (χ1n) is 17.4. The molecule has 0 aliphatic heterocycles. The van der Waals surface area contributed by atoms with Gasteiger partial charge in [0, 0.05) is 6.61 Å². The zero-order valence-corrected chi connectivity index (χ0v) is 29.3. The molecule has 0 heterocycles. The van der Waals surface area contributed by atoms with Crippen LogP contribution in [0.15, 0.2) is 72.8 Å². The van der Waals surface area contributed by atoms with E-state index in [2.05, 4.69) is 11.7 Å². The van der Waals surface area contributed by atoms with E-state index in [1.54, 1.807) is 48.5 Å². The van der Waals surface area contributed by atoms with Gasteiger partial charge in [-0.25, -0.2) is 9.59 Å². The smallest absolute Gasteiger partial charge is 0.459 e. The molecule has 6 nitrogen and oxygen atoms in total. The third-order valence-corrected chi connectivity index (χ3v) is 8.18. The molecule has 0 bridgehead atoms. The summed E-state index contributed by atoms with van der Waals surface area (Å²) in [6.07, 6.45) is 1.55. The van der Waals surface area contributed by atoms with Crippen LogP contribution in [-0.4, -0.2) is 55.9 Å². The number of alkyl halides is 7. The van der Waals surface area contributed by atoms with Crippen LogP contribution in [0.1, 0.15) is 98.8 Å². The highest BCUT2D eigenvalue weighted by Gasteiger charge is 2.72. The largest absolute Gasteiger partial charge is 0.494 e. The van der Waals surface area contributed by atoms with Crippen molar-refractivity contribution in [1.82, 2.24) is 0 Å². The molecular formula is C39H45F7O6. The van der Waals surface area contributed by atoms with Gasteiger partial charge in [0.2, 0.25) is 0 Å². The van der Waals surface area contributed by atoms with Crippen molar-refractivity contribution in [2.45, 2.75) is 102 Å². The van der Waals surface area contributed by atoms with Crippen LogP contribution in [0.5, 0.6) is 11.5 Å². The molecule has 286 valence electrons. The summed E-state index contributed by atoms with van der Waals surface area (Å²) in [5.74, 6) is -11.5. The third kappa shape index (κ3) is 13.1. The Balaban J connectivity index is 1.32. The number of hydrogen-bond donors (Lipinski definition) is 0. The summed E-state index contributed by atoms with van der Waals surface area (Å²) >= 11 is 0. The minimum Gasteiger partial charge on any atom is -0.494 e. The summed E-state index contributed by atoms with van der Waals surface area (Å²) in [4.78, 5) is 25.2. The maximum absolute atomic E-state index is 13.2. The highest BCUT2D eigenvalue weighted by Crippen LogP contribution is 2.46. The van der Waals surface area contributed by atoms with Crippen LogP contribution >= 0.6 is 0 Å². The minimum absolute atomic E-state index is 0.141. The van der Waals surface area contributed by atoms with Crippen molar-refractivity contribution in [2.24, 2.45) is 0 Å². The Morgan fingerprint density at radius 1 is 0.615 bits per heavy atom. The molecule has 0 radical (unpaired) electrons. The van der Waals surface area contributed by atoms with E-state index in [1.807, 2.05) is 31.2 Å². The molecule has 52 heavy (non-hydrogen) atoms. The van der Waals surface area contributed by atoms with Gasteiger partial charge in [0.1, 0.15) is 18.1 Å². The number of esters is 2. The monoisotopic (exact) mass is 742 g/mol. The lowest BCUT2D eigenvalue weighted by molar-refractivity contribution is -0.361. The summed E-state index contributed by atoms with van der Waals surface area (Å²) in [7, 11) is 0. The SMILES string of the molecule is CCCCCC[C@@H](C)OC(=O)c1ccc(-c2ccc(OC(=O)c3ccc(OCCCCCCCOCC(F)(F)C(F)(F)C(F)(F)F)cc3)cc2)cc1. The second-order valence-corrected chi connectivity index (χ2v) is 12.5. The van der Waals surface area contributed by atoms with Gasteiger partial charge in [-0.15, -0.1) is 0 Å². The van der Waals surface area contributed by atoms with Crippen molar-refractivity contribution < 1.29 is 59.3 Å². The maximum Gasteiger partial charge on any atom is 0.459 e. The van der Waals surface area contributed by atoms with Crippen molar-refractivity contribution in [3.8, 4) is 22.6 Å². The van der Waals surface area contributed by atoms with Gasteiger partial charge in [-0.05, 0) is 92.3 Å². The molecule has 0 amide bonds. The summed E-state index contributed by atoms with van der Waals surface area (Å²) < 4.78 is 110. The standard InChI is InChI=1S/C39H45F7O6/c1-3-4-5-9-12-28(2)51-35(47)31-15-13-29(14-16-31)30-17-23-34(24-18-30)52-36(48)32-19-21-33(22-20-32)50-26-11-8-6-7-10-25-49-27-37(40,41)38(42,43)39(44,45)46/h13-24,28H,3-12,25-27H2,1-2H3/t28-/m1/s1. The van der Waals surface area contributed by atoms with Gasteiger partial charge >= 0.3 is 30.0 Å². The zero-order chi connectivity index (χ0) is 38.2. The van der Waals surface area contributed by atoms with Crippen LogP contribution < -0.4 is 9.47 Å². The quantitative estimate of drug-likeness (QED) is 0.0442. The first-order valence-corrected chi connectivity index (χ1v) is 17.4. The lowest BCUT2D eigenvalue weighted by atomic mass is 10.0. The molecule has 0 aromatic heterocycles. The fraction of sp³-hybridized carbons (Fsp3) is 0.487. The maximum atomic E-state index is 13.2. The van der Waals surface area contributed by atoms with Gasteiger partial charge < -0.3 is 18.9 Å². The van der Waals surface area contributed by atoms with Crippen molar-refractivity contribution >= 4 is 11.9 Å². The van der Waals surface area contributed by atoms with Crippen LogP contribution in [0.25, 0.3) is 11.1 Å². The highest BCUT2D eigenvalue weighted by atomic mass is 19.4. The molecule has 0 saturated heterocycles. The van der Waals surface area contributed by atoms with Gasteiger partial charge in [0.25, 0.3) is 0 Å². The van der Waals surface area contributed by atoms with E-state index in [4.69, 9.17) is 14.2 Å². The first kappa shape index (κ1) is 42.3. The van der Waals surface area contributed by atoms with E-state index in [0.29, 0.717) is 54.9 Å². The Bertz CT molecular complexity index is 1510. The van der Waals surface area contributed by atoms with Gasteiger partial charge in [-0.2, -0.15) is 30.7 Å². The predicted octanol–water partition coefficient (Wildman–Crippen LogP) is 11.3. The van der Waals surface area contributed by atoms with Gasteiger partial charge in [-0.3, -0.25) is 0 Å². The van der Waals surface area contributed by atoms with E-state index >= 15 is 0 Å². The zero-order valence-electron chi connectivity index (χ0n) is 29.3. The molecule has 0 aliphatic carbocycles. The highest BCUT2D eigenvalue weighted by molar-refractivity contribution is 5.91. The van der Waals surface area contributed by atoms with Crippen LogP contribution in [0.4, 0.5) is 30.7 Å². The van der Waals surface area contributed by atoms with Gasteiger partial charge in [-0.1, -0.05) is 69.7 Å². The third-order valence-electron chi connectivity index (χ3n) is 8.18. The molecule has 0 N–H and O–H groups in total. The molecule has 0 unspecified atom stereocenters. The predicted molar refractivity (Wildman–Crippen MR) is 182 cm³/mol. The van der Waals surface area contributed by atoms with Crippen molar-refractivity contribution in [1.29, 1.82) is 0 Å². The number of carbonyl (C=O) groups excluding carboxylic acids is 2. The Morgan fingerprint density at radius 3 is 1.71 bits per heavy atom. The van der Waals surface area contributed by atoms with Crippen LogP contribution in [0.3, 0.4) is 0 Å². The number of halogens is 7. The van der Waals surface area contributed by atoms with Crippen molar-refractivity contribution in [3.05, 3.63) is 83.9 Å². The van der Waals surface area contributed by atoms with E-state index in [1.165, 1.54) is 6.42 Å². The molecule has 0 spiro atoms. The number of benzene rings is 3. The minimum atomic E-state index is -6.37. The van der Waals surface area contributed by atoms with E-state index < -0.39 is 30.6 Å². The number of carbonyl (C=O) groups is 2. The second kappa shape index (κ2) is 20.2. The number of ether oxygens (including phenoxy) is 4. The van der Waals surface area contributed by atoms with E-state index in [0.717, 1.165) is 36.8 Å².